The molecule has 1 aliphatic carbocycles. The molecule has 0 aromatic heterocycles. The largest absolute Gasteiger partial charge is 0.392 e. The highest BCUT2D eigenvalue weighted by atomic mass is 35.5. The van der Waals surface area contributed by atoms with Crippen LogP contribution >= 0.6 is 12.4 Å². The van der Waals surface area contributed by atoms with Crippen LogP contribution in [0.15, 0.2) is 0 Å². The van der Waals surface area contributed by atoms with Gasteiger partial charge in [0, 0.05) is 6.54 Å². The van der Waals surface area contributed by atoms with E-state index in [0.717, 1.165) is 19.0 Å². The molecule has 2 fully saturated rings. The number of β-amino-alcohol motifs (C(OH)–C–C–N with tert-alkyl or cyclic N) is 1. The van der Waals surface area contributed by atoms with Gasteiger partial charge in [-0.3, -0.25) is 0 Å². The van der Waals surface area contributed by atoms with Crippen molar-refractivity contribution >= 4 is 12.4 Å². The minimum absolute atomic E-state index is 0. The average Bonchev–Trinajstić information content (AvgIpc) is 2.45. The third-order valence-electron chi connectivity index (χ3n) is 2.23. The van der Waals surface area contributed by atoms with Gasteiger partial charge in [-0.05, 0) is 24.8 Å². The Labute approximate surface area is 61.0 Å². The summed E-state index contributed by atoms with van der Waals surface area (Å²) in [7, 11) is 0. The van der Waals surface area contributed by atoms with Crippen molar-refractivity contribution in [3.8, 4) is 0 Å². The molecule has 0 aromatic rings. The summed E-state index contributed by atoms with van der Waals surface area (Å²) in [5, 5.41) is 12.3. The molecule has 1 heterocycles. The third-order valence-corrected chi connectivity index (χ3v) is 2.23. The lowest BCUT2D eigenvalue weighted by molar-refractivity contribution is 0.128. The maximum absolute atomic E-state index is 9.16. The number of fused-ring (bicyclic) bond motifs is 1. The Kier molecular flexibility index (Phi) is 1.99. The summed E-state index contributed by atoms with van der Waals surface area (Å²) in [5.74, 6) is 1.48. The zero-order chi connectivity index (χ0) is 5.56. The SMILES string of the molecule is Cl.O[C@H]1CNC[C@H]2C[C@H]21. The van der Waals surface area contributed by atoms with Crippen LogP contribution in [0.2, 0.25) is 0 Å². The molecule has 2 nitrogen and oxygen atoms in total. The van der Waals surface area contributed by atoms with Gasteiger partial charge in [-0.25, -0.2) is 0 Å². The molecule has 0 spiro atoms. The summed E-state index contributed by atoms with van der Waals surface area (Å²) >= 11 is 0. The van der Waals surface area contributed by atoms with Crippen molar-refractivity contribution in [2.24, 2.45) is 11.8 Å². The molecule has 3 atom stereocenters. The van der Waals surface area contributed by atoms with Crippen molar-refractivity contribution in [2.45, 2.75) is 12.5 Å². The number of piperidine rings is 1. The summed E-state index contributed by atoms with van der Waals surface area (Å²) in [5.41, 5.74) is 0. The Morgan fingerprint density at radius 2 is 2.11 bits per heavy atom. The highest BCUT2D eigenvalue weighted by molar-refractivity contribution is 5.85. The number of rotatable bonds is 0. The van der Waals surface area contributed by atoms with Gasteiger partial charge < -0.3 is 10.4 Å². The van der Waals surface area contributed by atoms with Crippen LogP contribution in [0, 0.1) is 11.8 Å². The maximum Gasteiger partial charge on any atom is 0.0695 e. The molecular weight excluding hydrogens is 138 g/mol. The first-order valence-corrected chi connectivity index (χ1v) is 3.26. The van der Waals surface area contributed by atoms with Crippen LogP contribution in [0.3, 0.4) is 0 Å². The first-order chi connectivity index (χ1) is 3.88. The van der Waals surface area contributed by atoms with Crippen molar-refractivity contribution in [2.75, 3.05) is 13.1 Å². The molecule has 0 radical (unpaired) electrons. The van der Waals surface area contributed by atoms with Crippen LogP contribution in [-0.4, -0.2) is 24.3 Å². The molecule has 0 amide bonds. The van der Waals surface area contributed by atoms with E-state index in [9.17, 15) is 0 Å². The number of halogens is 1. The first-order valence-electron chi connectivity index (χ1n) is 3.26. The van der Waals surface area contributed by atoms with E-state index in [2.05, 4.69) is 5.32 Å². The molecule has 0 aromatic carbocycles. The fourth-order valence-corrected chi connectivity index (χ4v) is 1.54. The summed E-state index contributed by atoms with van der Waals surface area (Å²) < 4.78 is 0. The molecule has 2 rings (SSSR count). The average molecular weight is 150 g/mol. The third kappa shape index (κ3) is 1.20. The quantitative estimate of drug-likeness (QED) is 0.509. The zero-order valence-corrected chi connectivity index (χ0v) is 6.03. The molecule has 54 valence electrons. The van der Waals surface area contributed by atoms with E-state index in [1.54, 1.807) is 0 Å². The number of aliphatic hydroxyl groups excluding tert-OH is 1. The Morgan fingerprint density at radius 1 is 1.33 bits per heavy atom. The van der Waals surface area contributed by atoms with E-state index in [-0.39, 0.29) is 18.5 Å². The van der Waals surface area contributed by atoms with Crippen LogP contribution in [0.4, 0.5) is 0 Å². The van der Waals surface area contributed by atoms with Crippen molar-refractivity contribution < 1.29 is 5.11 Å². The molecule has 1 saturated carbocycles. The molecule has 0 bridgehead atoms. The predicted octanol–water partition coefficient (Wildman–Crippen LogP) is 0.00840. The van der Waals surface area contributed by atoms with Gasteiger partial charge in [-0.1, -0.05) is 0 Å². The van der Waals surface area contributed by atoms with Crippen LogP contribution in [0.5, 0.6) is 0 Å². The molecule has 9 heavy (non-hydrogen) atoms. The number of hydrogen-bond donors (Lipinski definition) is 2. The van der Waals surface area contributed by atoms with Gasteiger partial charge in [0.05, 0.1) is 6.10 Å². The summed E-state index contributed by atoms with van der Waals surface area (Å²) in [6, 6.07) is 0. The Morgan fingerprint density at radius 3 is 2.67 bits per heavy atom. The van der Waals surface area contributed by atoms with Gasteiger partial charge in [0.1, 0.15) is 0 Å². The van der Waals surface area contributed by atoms with E-state index >= 15 is 0 Å². The molecule has 2 N–H and O–H groups in total. The number of aliphatic hydroxyl groups is 1. The minimum atomic E-state index is -0.0336. The summed E-state index contributed by atoms with van der Waals surface area (Å²) in [6.45, 7) is 1.96. The van der Waals surface area contributed by atoms with E-state index < -0.39 is 0 Å². The second-order valence-corrected chi connectivity index (χ2v) is 2.89. The van der Waals surface area contributed by atoms with E-state index in [4.69, 9.17) is 5.11 Å². The standard InChI is InChI=1S/C6H11NO.ClH/c8-6-3-7-2-4-1-5(4)6;/h4-8H,1-3H2;1H/t4-,5-,6+;/m1./s1. The lowest BCUT2D eigenvalue weighted by Crippen LogP contribution is -2.35. The Balaban J connectivity index is 0.000000405. The smallest absolute Gasteiger partial charge is 0.0695 e. The van der Waals surface area contributed by atoms with E-state index in [1.165, 1.54) is 6.42 Å². The van der Waals surface area contributed by atoms with Gasteiger partial charge in [0.15, 0.2) is 0 Å². The molecule has 1 saturated heterocycles. The van der Waals surface area contributed by atoms with Gasteiger partial charge >= 0.3 is 0 Å². The lowest BCUT2D eigenvalue weighted by Gasteiger charge is -2.16. The van der Waals surface area contributed by atoms with E-state index in [0.29, 0.717) is 5.92 Å². The van der Waals surface area contributed by atoms with Crippen molar-refractivity contribution in [1.82, 2.24) is 5.32 Å². The fraction of sp³-hybridized carbons (Fsp3) is 1.00. The highest BCUT2D eigenvalue weighted by Gasteiger charge is 2.44. The van der Waals surface area contributed by atoms with Crippen LogP contribution in [0.25, 0.3) is 0 Å². The zero-order valence-electron chi connectivity index (χ0n) is 5.21. The molecular formula is C6H12ClNO. The Bertz CT molecular complexity index is 109. The van der Waals surface area contributed by atoms with E-state index in [1.807, 2.05) is 0 Å². The van der Waals surface area contributed by atoms with Crippen molar-refractivity contribution in [1.29, 1.82) is 0 Å². The summed E-state index contributed by atoms with van der Waals surface area (Å²) in [6.07, 6.45) is 1.22. The molecule has 3 heteroatoms. The number of nitrogens with one attached hydrogen (secondary N) is 1. The Hall–Kier alpha value is 0.210. The monoisotopic (exact) mass is 149 g/mol. The first kappa shape index (κ1) is 7.32. The van der Waals surface area contributed by atoms with Crippen LogP contribution in [0.1, 0.15) is 6.42 Å². The number of hydrogen-bond acceptors (Lipinski definition) is 2. The van der Waals surface area contributed by atoms with Gasteiger partial charge in [0.2, 0.25) is 0 Å². The van der Waals surface area contributed by atoms with Crippen molar-refractivity contribution in [3.05, 3.63) is 0 Å². The lowest BCUT2D eigenvalue weighted by atomic mass is 10.1. The molecule has 0 unspecified atom stereocenters. The molecule has 1 aliphatic heterocycles. The van der Waals surface area contributed by atoms with Crippen molar-refractivity contribution in [3.63, 3.8) is 0 Å². The topological polar surface area (TPSA) is 32.3 Å². The van der Waals surface area contributed by atoms with Crippen LogP contribution in [-0.2, 0) is 0 Å². The van der Waals surface area contributed by atoms with Gasteiger partial charge in [0.25, 0.3) is 0 Å². The summed E-state index contributed by atoms with van der Waals surface area (Å²) in [4.78, 5) is 0. The second kappa shape index (κ2) is 2.45. The molecule has 2 aliphatic rings. The predicted molar refractivity (Wildman–Crippen MR) is 37.7 cm³/mol. The normalized spacial score (nSPS) is 47.0. The van der Waals surface area contributed by atoms with Crippen LogP contribution < -0.4 is 5.32 Å². The minimum Gasteiger partial charge on any atom is -0.392 e. The maximum atomic E-state index is 9.16. The highest BCUT2D eigenvalue weighted by Crippen LogP contribution is 2.42. The van der Waals surface area contributed by atoms with Gasteiger partial charge in [-0.15, -0.1) is 12.4 Å². The van der Waals surface area contributed by atoms with Gasteiger partial charge in [-0.2, -0.15) is 0 Å². The fourth-order valence-electron chi connectivity index (χ4n) is 1.54. The second-order valence-electron chi connectivity index (χ2n) is 2.89.